The number of methoxy groups -OCH3 is 1. The third-order valence-corrected chi connectivity index (χ3v) is 5.29. The normalized spacial score (nSPS) is 14.8. The minimum absolute atomic E-state index is 0.00498. The van der Waals surface area contributed by atoms with E-state index < -0.39 is 0 Å². The van der Waals surface area contributed by atoms with Gasteiger partial charge < -0.3 is 15.0 Å². The van der Waals surface area contributed by atoms with Crippen molar-refractivity contribution in [2.45, 2.75) is 12.8 Å². The van der Waals surface area contributed by atoms with Crippen LogP contribution >= 0.6 is 15.9 Å². The highest BCUT2D eigenvalue weighted by Crippen LogP contribution is 2.25. The van der Waals surface area contributed by atoms with E-state index in [4.69, 9.17) is 4.74 Å². The summed E-state index contributed by atoms with van der Waals surface area (Å²) >= 11 is 3.44. The van der Waals surface area contributed by atoms with Crippen LogP contribution in [0.3, 0.4) is 0 Å². The summed E-state index contributed by atoms with van der Waals surface area (Å²) in [6, 6.07) is 14.7. The fourth-order valence-electron chi connectivity index (χ4n) is 3.08. The van der Waals surface area contributed by atoms with E-state index in [2.05, 4.69) is 21.2 Å². The number of benzene rings is 2. The molecule has 1 fully saturated rings. The Balaban J connectivity index is 1.57. The lowest BCUT2D eigenvalue weighted by molar-refractivity contribution is -0.121. The van der Waals surface area contributed by atoms with Crippen molar-refractivity contribution in [3.63, 3.8) is 0 Å². The van der Waals surface area contributed by atoms with E-state index in [0.717, 1.165) is 10.2 Å². The Morgan fingerprint density at radius 2 is 1.85 bits per heavy atom. The number of piperidine rings is 1. The van der Waals surface area contributed by atoms with Crippen molar-refractivity contribution in [1.82, 2.24) is 4.90 Å². The molecule has 6 heteroatoms. The SMILES string of the molecule is COc1cccc(C(=O)N2CCC(C(=O)Nc3ccccc3Br)CC2)c1. The second kappa shape index (κ2) is 8.36. The van der Waals surface area contributed by atoms with Gasteiger partial charge in [0.05, 0.1) is 12.8 Å². The minimum atomic E-state index is -0.0866. The number of para-hydroxylation sites is 1. The number of rotatable bonds is 4. The van der Waals surface area contributed by atoms with E-state index >= 15 is 0 Å². The van der Waals surface area contributed by atoms with Crippen LogP contribution in [0.15, 0.2) is 53.0 Å². The summed E-state index contributed by atoms with van der Waals surface area (Å²) in [4.78, 5) is 26.9. The van der Waals surface area contributed by atoms with Crippen LogP contribution in [0.5, 0.6) is 5.75 Å². The van der Waals surface area contributed by atoms with Crippen LogP contribution in [0, 0.1) is 5.92 Å². The molecule has 1 aliphatic heterocycles. The van der Waals surface area contributed by atoms with Gasteiger partial charge in [-0.2, -0.15) is 0 Å². The zero-order chi connectivity index (χ0) is 18.5. The Hall–Kier alpha value is -2.34. The third kappa shape index (κ3) is 4.25. The van der Waals surface area contributed by atoms with Crippen LogP contribution in [0.4, 0.5) is 5.69 Å². The van der Waals surface area contributed by atoms with Gasteiger partial charge in [-0.1, -0.05) is 18.2 Å². The van der Waals surface area contributed by atoms with Crippen molar-refractivity contribution < 1.29 is 14.3 Å². The van der Waals surface area contributed by atoms with Crippen LogP contribution in [0.25, 0.3) is 0 Å². The maximum Gasteiger partial charge on any atom is 0.253 e. The van der Waals surface area contributed by atoms with Crippen LogP contribution in [-0.2, 0) is 4.79 Å². The summed E-state index contributed by atoms with van der Waals surface area (Å²) in [6.45, 7) is 1.15. The van der Waals surface area contributed by atoms with Gasteiger partial charge in [0.15, 0.2) is 0 Å². The first-order valence-electron chi connectivity index (χ1n) is 8.57. The summed E-state index contributed by atoms with van der Waals surface area (Å²) in [5.41, 5.74) is 1.38. The molecule has 0 atom stereocenters. The lowest BCUT2D eigenvalue weighted by atomic mass is 9.95. The van der Waals surface area contributed by atoms with Crippen LogP contribution in [-0.4, -0.2) is 36.9 Å². The molecule has 5 nitrogen and oxygen atoms in total. The van der Waals surface area contributed by atoms with Gasteiger partial charge >= 0.3 is 0 Å². The molecule has 1 N–H and O–H groups in total. The average molecular weight is 417 g/mol. The second-order valence-corrected chi connectivity index (χ2v) is 7.12. The van der Waals surface area contributed by atoms with Gasteiger partial charge in [-0.15, -0.1) is 0 Å². The number of carbonyl (C=O) groups is 2. The highest BCUT2D eigenvalue weighted by atomic mass is 79.9. The molecule has 0 aromatic heterocycles. The van der Waals surface area contributed by atoms with E-state index in [1.165, 1.54) is 0 Å². The quantitative estimate of drug-likeness (QED) is 0.820. The average Bonchev–Trinajstić information content (AvgIpc) is 2.69. The number of amides is 2. The van der Waals surface area contributed by atoms with Gasteiger partial charge in [0, 0.05) is 29.0 Å². The van der Waals surface area contributed by atoms with Gasteiger partial charge in [-0.25, -0.2) is 0 Å². The third-order valence-electron chi connectivity index (χ3n) is 4.60. The molecule has 2 aromatic carbocycles. The number of anilines is 1. The Kier molecular flexibility index (Phi) is 5.93. The zero-order valence-electron chi connectivity index (χ0n) is 14.6. The van der Waals surface area contributed by atoms with E-state index in [-0.39, 0.29) is 17.7 Å². The largest absolute Gasteiger partial charge is 0.497 e. The molecule has 0 saturated carbocycles. The molecule has 1 saturated heterocycles. The van der Waals surface area contributed by atoms with Crippen molar-refractivity contribution in [2.24, 2.45) is 5.92 Å². The number of nitrogens with one attached hydrogen (secondary N) is 1. The predicted molar refractivity (Wildman–Crippen MR) is 104 cm³/mol. The van der Waals surface area contributed by atoms with Crippen molar-refractivity contribution in [3.05, 3.63) is 58.6 Å². The van der Waals surface area contributed by atoms with E-state index in [0.29, 0.717) is 37.2 Å². The maximum atomic E-state index is 12.6. The lowest BCUT2D eigenvalue weighted by Gasteiger charge is -2.31. The van der Waals surface area contributed by atoms with Crippen LogP contribution < -0.4 is 10.1 Å². The van der Waals surface area contributed by atoms with Crippen molar-refractivity contribution in [1.29, 1.82) is 0 Å². The maximum absolute atomic E-state index is 12.6. The molecule has 1 heterocycles. The number of hydrogen-bond donors (Lipinski definition) is 1. The molecule has 0 bridgehead atoms. The molecule has 136 valence electrons. The number of nitrogens with zero attached hydrogens (tertiary/aromatic N) is 1. The van der Waals surface area contributed by atoms with Crippen LogP contribution in [0.1, 0.15) is 23.2 Å². The lowest BCUT2D eigenvalue weighted by Crippen LogP contribution is -2.41. The van der Waals surface area contributed by atoms with Crippen molar-refractivity contribution in [2.75, 3.05) is 25.5 Å². The topological polar surface area (TPSA) is 58.6 Å². The molecule has 0 spiro atoms. The van der Waals surface area contributed by atoms with Crippen molar-refractivity contribution in [3.8, 4) is 5.75 Å². The van der Waals surface area contributed by atoms with Gasteiger partial charge in [0.25, 0.3) is 5.91 Å². The number of halogens is 1. The molecule has 2 amide bonds. The van der Waals surface area contributed by atoms with Crippen molar-refractivity contribution >= 4 is 33.4 Å². The van der Waals surface area contributed by atoms with E-state index in [9.17, 15) is 9.59 Å². The van der Waals surface area contributed by atoms with Gasteiger partial charge in [0.2, 0.25) is 5.91 Å². The molecular formula is C20H21BrN2O3. The fraction of sp³-hybridized carbons (Fsp3) is 0.300. The van der Waals surface area contributed by atoms with Gasteiger partial charge in [0.1, 0.15) is 5.75 Å². The Morgan fingerprint density at radius 1 is 1.12 bits per heavy atom. The summed E-state index contributed by atoms with van der Waals surface area (Å²) < 4.78 is 6.04. The highest BCUT2D eigenvalue weighted by Gasteiger charge is 2.28. The van der Waals surface area contributed by atoms with E-state index in [1.807, 2.05) is 36.4 Å². The predicted octanol–water partition coefficient (Wildman–Crippen LogP) is 3.95. The summed E-state index contributed by atoms with van der Waals surface area (Å²) in [5, 5.41) is 2.96. The highest BCUT2D eigenvalue weighted by molar-refractivity contribution is 9.10. The molecule has 26 heavy (non-hydrogen) atoms. The molecular weight excluding hydrogens is 396 g/mol. The zero-order valence-corrected chi connectivity index (χ0v) is 16.2. The smallest absolute Gasteiger partial charge is 0.253 e. The first kappa shape index (κ1) is 18.5. The number of ether oxygens (including phenoxy) is 1. The molecule has 0 aliphatic carbocycles. The summed E-state index contributed by atoms with van der Waals surface area (Å²) in [6.07, 6.45) is 1.32. The number of hydrogen-bond acceptors (Lipinski definition) is 3. The Labute approximate surface area is 161 Å². The minimum Gasteiger partial charge on any atom is -0.497 e. The summed E-state index contributed by atoms with van der Waals surface area (Å²) in [5.74, 6) is 0.564. The molecule has 2 aromatic rings. The molecule has 3 rings (SSSR count). The number of likely N-dealkylation sites (tertiary alicyclic amines) is 1. The van der Waals surface area contributed by atoms with E-state index in [1.54, 1.807) is 24.1 Å². The Bertz CT molecular complexity index is 801. The fourth-order valence-corrected chi connectivity index (χ4v) is 3.46. The second-order valence-electron chi connectivity index (χ2n) is 6.27. The first-order chi connectivity index (χ1) is 12.6. The van der Waals surface area contributed by atoms with Gasteiger partial charge in [-0.3, -0.25) is 9.59 Å². The van der Waals surface area contributed by atoms with Gasteiger partial charge in [-0.05, 0) is 59.1 Å². The monoisotopic (exact) mass is 416 g/mol. The Morgan fingerprint density at radius 3 is 2.54 bits per heavy atom. The van der Waals surface area contributed by atoms with Crippen LogP contribution in [0.2, 0.25) is 0 Å². The number of carbonyl (C=O) groups excluding carboxylic acids is 2. The standard InChI is InChI=1S/C20H21BrN2O3/c1-26-16-6-4-5-15(13-16)20(25)23-11-9-14(10-12-23)19(24)22-18-8-3-2-7-17(18)21/h2-8,13-14H,9-12H2,1H3,(H,22,24). The molecule has 1 aliphatic rings. The molecule has 0 unspecified atom stereocenters. The summed E-state index contributed by atoms with van der Waals surface area (Å²) in [7, 11) is 1.58. The molecule has 0 radical (unpaired) electrons. The first-order valence-corrected chi connectivity index (χ1v) is 9.36.